The molecule has 0 aromatic heterocycles. The fraction of sp³-hybridized carbons (Fsp3) is 0.900. The number of rotatable bonds is 4. The van der Waals surface area contributed by atoms with Crippen molar-refractivity contribution in [2.45, 2.75) is 40.5 Å². The van der Waals surface area contributed by atoms with Gasteiger partial charge in [0.15, 0.2) is 0 Å². The first-order valence-electron chi connectivity index (χ1n) is 4.78. The smallest absolute Gasteiger partial charge is 0.130 e. The first-order valence-corrected chi connectivity index (χ1v) is 5.63. The third-order valence-electron chi connectivity index (χ3n) is 1.87. The van der Waals surface area contributed by atoms with Crippen molar-refractivity contribution in [3.05, 3.63) is 0 Å². The van der Waals surface area contributed by atoms with Gasteiger partial charge in [0.2, 0.25) is 0 Å². The lowest BCUT2D eigenvalue weighted by atomic mass is 9.84. The molecule has 13 heavy (non-hydrogen) atoms. The maximum Gasteiger partial charge on any atom is 0.130 e. The van der Waals surface area contributed by atoms with E-state index in [-0.39, 0.29) is 0 Å². The molecule has 0 heterocycles. The third kappa shape index (κ3) is 10.2. The quantitative estimate of drug-likeness (QED) is 0.556. The van der Waals surface area contributed by atoms with E-state index in [4.69, 9.17) is 12.2 Å². The predicted octanol–water partition coefficient (Wildman–Crippen LogP) is 3.25. The zero-order chi connectivity index (χ0) is 10.5. The Hall–Kier alpha value is 0.240. The van der Waals surface area contributed by atoms with Crippen LogP contribution in [0.5, 0.6) is 0 Å². The molecule has 1 N–H and O–H groups in total. The zero-order valence-electron chi connectivity index (χ0n) is 9.05. The van der Waals surface area contributed by atoms with E-state index in [1.807, 2.05) is 0 Å². The summed E-state index contributed by atoms with van der Waals surface area (Å²) in [5, 5.41) is 3.06. The van der Waals surface area contributed by atoms with Crippen molar-refractivity contribution in [3.63, 3.8) is 0 Å². The largest absolute Gasteiger partial charge is 0.371 e. The summed E-state index contributed by atoms with van der Waals surface area (Å²) in [6, 6.07) is 0. The van der Waals surface area contributed by atoms with E-state index in [0.29, 0.717) is 9.74 Å². The number of hydrogen-bond acceptors (Lipinski definition) is 1. The van der Waals surface area contributed by atoms with E-state index < -0.39 is 0 Å². The molecule has 0 aliphatic heterocycles. The molecule has 3 heteroatoms. The molecule has 78 valence electrons. The molecular formula is C10H21NS2. The standard InChI is InChI=1S/C10H21NS2/c1-8(7-10(2,3)4)5-6-11-9(12)13/h8H,5-7H2,1-4H3,(H2,11,12,13)/t8-/m0/s1. The number of hydrogen-bond donors (Lipinski definition) is 2. The van der Waals surface area contributed by atoms with E-state index in [0.717, 1.165) is 18.9 Å². The molecule has 0 rings (SSSR count). The number of nitrogens with one attached hydrogen (secondary N) is 1. The van der Waals surface area contributed by atoms with Gasteiger partial charge in [-0.05, 0) is 24.2 Å². The van der Waals surface area contributed by atoms with Crippen LogP contribution in [-0.4, -0.2) is 10.9 Å². The van der Waals surface area contributed by atoms with Gasteiger partial charge in [-0.15, -0.1) is 12.6 Å². The molecule has 0 fully saturated rings. The summed E-state index contributed by atoms with van der Waals surface area (Å²) in [5.41, 5.74) is 0.431. The molecule has 0 saturated carbocycles. The fourth-order valence-corrected chi connectivity index (χ4v) is 1.79. The van der Waals surface area contributed by atoms with Crippen molar-refractivity contribution in [3.8, 4) is 0 Å². The average Bonchev–Trinajstić information content (AvgIpc) is 1.81. The Balaban J connectivity index is 3.52. The van der Waals surface area contributed by atoms with E-state index in [1.165, 1.54) is 6.42 Å². The van der Waals surface area contributed by atoms with Gasteiger partial charge < -0.3 is 5.32 Å². The van der Waals surface area contributed by atoms with Gasteiger partial charge >= 0.3 is 0 Å². The molecule has 1 atom stereocenters. The Morgan fingerprint density at radius 1 is 1.46 bits per heavy atom. The van der Waals surface area contributed by atoms with Crippen LogP contribution < -0.4 is 5.32 Å². The summed E-state index contributed by atoms with van der Waals surface area (Å²) < 4.78 is 0.600. The Morgan fingerprint density at radius 2 is 2.00 bits per heavy atom. The molecule has 0 unspecified atom stereocenters. The Morgan fingerprint density at radius 3 is 2.38 bits per heavy atom. The van der Waals surface area contributed by atoms with Gasteiger partial charge in [0.05, 0.1) is 0 Å². The average molecular weight is 219 g/mol. The van der Waals surface area contributed by atoms with Gasteiger partial charge in [0, 0.05) is 6.54 Å². The lowest BCUT2D eigenvalue weighted by Crippen LogP contribution is -2.21. The molecule has 0 aliphatic carbocycles. The highest BCUT2D eigenvalue weighted by Crippen LogP contribution is 2.25. The van der Waals surface area contributed by atoms with Crippen LogP contribution in [0.3, 0.4) is 0 Å². The Kier molecular flexibility index (Phi) is 5.97. The van der Waals surface area contributed by atoms with Crippen molar-refractivity contribution in [1.29, 1.82) is 0 Å². The molecular weight excluding hydrogens is 198 g/mol. The minimum absolute atomic E-state index is 0.431. The maximum absolute atomic E-state index is 4.81. The molecule has 0 amide bonds. The molecule has 1 nitrogen and oxygen atoms in total. The summed E-state index contributed by atoms with van der Waals surface area (Å²) in [7, 11) is 0. The number of thiol groups is 1. The molecule has 0 aliphatic rings. The first kappa shape index (κ1) is 13.2. The van der Waals surface area contributed by atoms with Gasteiger partial charge in [-0.2, -0.15) is 0 Å². The van der Waals surface area contributed by atoms with Crippen LogP contribution in [0.25, 0.3) is 0 Å². The monoisotopic (exact) mass is 219 g/mol. The van der Waals surface area contributed by atoms with Crippen LogP contribution in [0.2, 0.25) is 0 Å². The highest BCUT2D eigenvalue weighted by molar-refractivity contribution is 8.11. The van der Waals surface area contributed by atoms with Crippen molar-refractivity contribution < 1.29 is 0 Å². The van der Waals surface area contributed by atoms with Crippen LogP contribution in [0.4, 0.5) is 0 Å². The topological polar surface area (TPSA) is 12.0 Å². The predicted molar refractivity (Wildman–Crippen MR) is 67.4 cm³/mol. The van der Waals surface area contributed by atoms with Crippen LogP contribution in [0.1, 0.15) is 40.5 Å². The summed E-state index contributed by atoms with van der Waals surface area (Å²) in [4.78, 5) is 0. The van der Waals surface area contributed by atoms with Crippen LogP contribution in [-0.2, 0) is 0 Å². The van der Waals surface area contributed by atoms with Crippen molar-refractivity contribution >= 4 is 29.2 Å². The minimum atomic E-state index is 0.431. The van der Waals surface area contributed by atoms with Crippen LogP contribution in [0, 0.1) is 11.3 Å². The van der Waals surface area contributed by atoms with Gasteiger partial charge in [-0.1, -0.05) is 39.9 Å². The third-order valence-corrected chi connectivity index (χ3v) is 2.18. The molecule has 0 saturated heterocycles. The summed E-state index contributed by atoms with van der Waals surface area (Å²) in [5.74, 6) is 0.746. The van der Waals surface area contributed by atoms with E-state index >= 15 is 0 Å². The SMILES string of the molecule is C[C@@H](CCNC(=S)S)CC(C)(C)C. The van der Waals surface area contributed by atoms with Crippen molar-refractivity contribution in [2.75, 3.05) is 6.54 Å². The van der Waals surface area contributed by atoms with E-state index in [9.17, 15) is 0 Å². The fourth-order valence-electron chi connectivity index (χ4n) is 1.57. The number of thiocarbonyl (C=S) groups is 1. The highest BCUT2D eigenvalue weighted by Gasteiger charge is 2.14. The lowest BCUT2D eigenvalue weighted by molar-refractivity contribution is 0.297. The highest BCUT2D eigenvalue weighted by atomic mass is 32.1. The first-order chi connectivity index (χ1) is 5.81. The molecule has 0 aromatic carbocycles. The second-order valence-electron chi connectivity index (χ2n) is 4.89. The Labute approximate surface area is 93.1 Å². The second kappa shape index (κ2) is 5.86. The summed E-state index contributed by atoms with van der Waals surface area (Å²) in [6.45, 7) is 10.1. The Bertz CT molecular complexity index is 161. The van der Waals surface area contributed by atoms with E-state index in [1.54, 1.807) is 0 Å². The van der Waals surface area contributed by atoms with Gasteiger partial charge in [-0.3, -0.25) is 0 Å². The van der Waals surface area contributed by atoms with E-state index in [2.05, 4.69) is 45.6 Å². The van der Waals surface area contributed by atoms with Gasteiger partial charge in [-0.25, -0.2) is 0 Å². The lowest BCUT2D eigenvalue weighted by Gasteiger charge is -2.23. The van der Waals surface area contributed by atoms with Crippen molar-refractivity contribution in [2.24, 2.45) is 11.3 Å². The summed E-state index contributed by atoms with van der Waals surface area (Å²) in [6.07, 6.45) is 2.42. The summed E-state index contributed by atoms with van der Waals surface area (Å²) >= 11 is 8.82. The normalized spacial score (nSPS) is 13.9. The van der Waals surface area contributed by atoms with Gasteiger partial charge in [0.25, 0.3) is 0 Å². The zero-order valence-corrected chi connectivity index (χ0v) is 10.8. The molecule has 0 bridgehead atoms. The molecule has 0 radical (unpaired) electrons. The molecule has 0 spiro atoms. The maximum atomic E-state index is 4.81. The molecule has 0 aromatic rings. The van der Waals surface area contributed by atoms with Crippen molar-refractivity contribution in [1.82, 2.24) is 5.32 Å². The van der Waals surface area contributed by atoms with Crippen LogP contribution >= 0.6 is 24.8 Å². The second-order valence-corrected chi connectivity index (χ2v) is 6.05. The van der Waals surface area contributed by atoms with Gasteiger partial charge in [0.1, 0.15) is 4.32 Å². The minimum Gasteiger partial charge on any atom is -0.371 e. The van der Waals surface area contributed by atoms with Crippen LogP contribution in [0.15, 0.2) is 0 Å².